The molecule has 1 aliphatic rings. The minimum atomic E-state index is -0.270. The average Bonchev–Trinajstić information content (AvgIpc) is 3.24. The van der Waals surface area contributed by atoms with Crippen molar-refractivity contribution >= 4 is 28.3 Å². The van der Waals surface area contributed by atoms with E-state index < -0.39 is 0 Å². The van der Waals surface area contributed by atoms with Crippen molar-refractivity contribution in [3.63, 3.8) is 0 Å². The third-order valence-corrected chi connectivity index (χ3v) is 5.40. The lowest BCUT2D eigenvalue weighted by Gasteiger charge is -2.26. The molecule has 0 unspecified atom stereocenters. The number of nitrogens with zero attached hydrogens (tertiary/aromatic N) is 6. The molecule has 1 aromatic carbocycles. The minimum absolute atomic E-state index is 0.270. The van der Waals surface area contributed by atoms with E-state index in [2.05, 4.69) is 26.0 Å². The summed E-state index contributed by atoms with van der Waals surface area (Å²) in [7, 11) is 0. The highest BCUT2D eigenvalue weighted by molar-refractivity contribution is 6.30. The number of rotatable bonds is 4. The van der Waals surface area contributed by atoms with Gasteiger partial charge in [-0.05, 0) is 29.3 Å². The van der Waals surface area contributed by atoms with Crippen LogP contribution >= 0.6 is 11.6 Å². The van der Waals surface area contributed by atoms with Crippen LogP contribution in [0.4, 0.5) is 0 Å². The summed E-state index contributed by atoms with van der Waals surface area (Å²) in [6.07, 6.45) is 3.24. The van der Waals surface area contributed by atoms with Crippen LogP contribution in [0.1, 0.15) is 11.1 Å². The molecule has 0 saturated carbocycles. The Morgan fingerprint density at radius 2 is 1.79 bits per heavy atom. The SMILES string of the molecule is O=c1n(Cc2ccc(Cl)cc2)c2ncc(CN3CCOCC3)cc2c2ncnn12. The highest BCUT2D eigenvalue weighted by Crippen LogP contribution is 2.19. The van der Waals surface area contributed by atoms with Gasteiger partial charge < -0.3 is 4.74 Å². The van der Waals surface area contributed by atoms with Crippen molar-refractivity contribution in [2.24, 2.45) is 0 Å². The summed E-state index contributed by atoms with van der Waals surface area (Å²) in [6.45, 7) is 4.44. The van der Waals surface area contributed by atoms with E-state index in [0.29, 0.717) is 22.9 Å². The average molecular weight is 411 g/mol. The third-order valence-electron chi connectivity index (χ3n) is 5.14. The Hall–Kier alpha value is -2.81. The Kier molecular flexibility index (Phi) is 4.75. The number of hydrogen-bond acceptors (Lipinski definition) is 6. The molecular formula is C20H19ClN6O2. The predicted octanol–water partition coefficient (Wildman–Crippen LogP) is 1.97. The Bertz CT molecular complexity index is 1230. The second-order valence-electron chi connectivity index (χ2n) is 7.09. The van der Waals surface area contributed by atoms with Gasteiger partial charge in [0, 0.05) is 30.9 Å². The van der Waals surface area contributed by atoms with Gasteiger partial charge in [0.1, 0.15) is 12.0 Å². The minimum Gasteiger partial charge on any atom is -0.379 e. The van der Waals surface area contributed by atoms with Crippen molar-refractivity contribution in [3.05, 3.63) is 69.5 Å². The molecule has 1 saturated heterocycles. The number of morpholine rings is 1. The molecule has 3 aromatic heterocycles. The van der Waals surface area contributed by atoms with Gasteiger partial charge in [0.25, 0.3) is 0 Å². The van der Waals surface area contributed by atoms with Crippen LogP contribution in [0.15, 0.2) is 47.7 Å². The quantitative estimate of drug-likeness (QED) is 0.512. The number of ether oxygens (including phenoxy) is 1. The van der Waals surface area contributed by atoms with Crippen LogP contribution in [0, 0.1) is 0 Å². The Morgan fingerprint density at radius 3 is 2.59 bits per heavy atom. The van der Waals surface area contributed by atoms with Gasteiger partial charge in [0.05, 0.1) is 25.1 Å². The fraction of sp³-hybridized carbons (Fsp3) is 0.300. The van der Waals surface area contributed by atoms with E-state index in [-0.39, 0.29) is 5.69 Å². The van der Waals surface area contributed by atoms with Crippen LogP contribution in [0.25, 0.3) is 16.7 Å². The lowest BCUT2D eigenvalue weighted by Crippen LogP contribution is -2.35. The van der Waals surface area contributed by atoms with Crippen LogP contribution in [0.2, 0.25) is 5.02 Å². The zero-order valence-corrected chi connectivity index (χ0v) is 16.4. The van der Waals surface area contributed by atoms with Gasteiger partial charge in [-0.3, -0.25) is 9.47 Å². The molecule has 5 rings (SSSR count). The molecule has 0 aliphatic carbocycles. The molecule has 1 aliphatic heterocycles. The van der Waals surface area contributed by atoms with Gasteiger partial charge >= 0.3 is 5.69 Å². The van der Waals surface area contributed by atoms with Gasteiger partial charge in [-0.15, -0.1) is 0 Å². The van der Waals surface area contributed by atoms with E-state index in [1.165, 1.54) is 10.8 Å². The summed E-state index contributed by atoms with van der Waals surface area (Å²) in [5.41, 5.74) is 2.87. The molecule has 0 radical (unpaired) electrons. The van der Waals surface area contributed by atoms with Crippen LogP contribution < -0.4 is 5.69 Å². The second-order valence-corrected chi connectivity index (χ2v) is 7.53. The van der Waals surface area contributed by atoms with Gasteiger partial charge in [0.15, 0.2) is 5.65 Å². The molecule has 0 atom stereocenters. The van der Waals surface area contributed by atoms with Crippen LogP contribution in [-0.2, 0) is 17.8 Å². The molecule has 148 valence electrons. The summed E-state index contributed by atoms with van der Waals surface area (Å²) in [5, 5.41) is 5.59. The van der Waals surface area contributed by atoms with Gasteiger partial charge in [-0.1, -0.05) is 23.7 Å². The van der Waals surface area contributed by atoms with Crippen molar-refractivity contribution in [3.8, 4) is 0 Å². The summed E-state index contributed by atoms with van der Waals surface area (Å²) in [5.74, 6) is 0. The van der Waals surface area contributed by atoms with E-state index in [0.717, 1.165) is 49.4 Å². The molecular weight excluding hydrogens is 392 g/mol. The molecule has 0 N–H and O–H groups in total. The molecule has 8 nitrogen and oxygen atoms in total. The summed E-state index contributed by atoms with van der Waals surface area (Å²) < 4.78 is 8.38. The molecule has 0 bridgehead atoms. The Balaban J connectivity index is 1.60. The highest BCUT2D eigenvalue weighted by Gasteiger charge is 2.16. The zero-order chi connectivity index (χ0) is 19.8. The normalized spacial score (nSPS) is 15.3. The number of benzene rings is 1. The van der Waals surface area contributed by atoms with E-state index >= 15 is 0 Å². The summed E-state index contributed by atoms with van der Waals surface area (Å²) in [6, 6.07) is 9.48. The second kappa shape index (κ2) is 7.55. The van der Waals surface area contributed by atoms with E-state index in [1.807, 2.05) is 30.5 Å². The van der Waals surface area contributed by atoms with Crippen molar-refractivity contribution < 1.29 is 4.74 Å². The Labute approximate surface area is 171 Å². The molecule has 29 heavy (non-hydrogen) atoms. The summed E-state index contributed by atoms with van der Waals surface area (Å²) >= 11 is 5.99. The topological polar surface area (TPSA) is 77.5 Å². The van der Waals surface area contributed by atoms with Crippen molar-refractivity contribution in [1.82, 2.24) is 29.0 Å². The number of aromatic nitrogens is 5. The van der Waals surface area contributed by atoms with E-state index in [9.17, 15) is 4.79 Å². The van der Waals surface area contributed by atoms with Crippen LogP contribution in [-0.4, -0.2) is 55.4 Å². The lowest BCUT2D eigenvalue weighted by molar-refractivity contribution is 0.0341. The predicted molar refractivity (Wildman–Crippen MR) is 109 cm³/mol. The first kappa shape index (κ1) is 18.2. The number of pyridine rings is 1. The van der Waals surface area contributed by atoms with Gasteiger partial charge in [-0.2, -0.15) is 9.61 Å². The van der Waals surface area contributed by atoms with Gasteiger partial charge in [0.2, 0.25) is 0 Å². The highest BCUT2D eigenvalue weighted by atomic mass is 35.5. The maximum Gasteiger partial charge on any atom is 0.352 e. The number of fused-ring (bicyclic) bond motifs is 3. The summed E-state index contributed by atoms with van der Waals surface area (Å²) in [4.78, 5) is 24.3. The standard InChI is InChI=1S/C20H19ClN6O2/c21-16-3-1-14(2-4-16)12-26-18-17(19-23-13-24-27(19)20(26)28)9-15(10-22-18)11-25-5-7-29-8-6-25/h1-4,9-10,13H,5-8,11-12H2. The lowest BCUT2D eigenvalue weighted by atomic mass is 10.2. The molecule has 4 aromatic rings. The van der Waals surface area contributed by atoms with Crippen LogP contribution in [0.5, 0.6) is 0 Å². The molecule has 9 heteroatoms. The van der Waals surface area contributed by atoms with E-state index in [1.54, 1.807) is 4.57 Å². The van der Waals surface area contributed by atoms with E-state index in [4.69, 9.17) is 16.3 Å². The van der Waals surface area contributed by atoms with Crippen LogP contribution in [0.3, 0.4) is 0 Å². The fourth-order valence-corrected chi connectivity index (χ4v) is 3.80. The Morgan fingerprint density at radius 1 is 1.00 bits per heavy atom. The first-order valence-corrected chi connectivity index (χ1v) is 9.82. The molecule has 0 amide bonds. The third kappa shape index (κ3) is 3.50. The molecule has 1 fully saturated rings. The van der Waals surface area contributed by atoms with Crippen molar-refractivity contribution in [1.29, 1.82) is 0 Å². The number of hydrogen-bond donors (Lipinski definition) is 0. The van der Waals surface area contributed by atoms with Crippen molar-refractivity contribution in [2.45, 2.75) is 13.1 Å². The smallest absolute Gasteiger partial charge is 0.352 e. The first-order valence-electron chi connectivity index (χ1n) is 9.45. The molecule has 0 spiro atoms. The maximum atomic E-state index is 13.0. The maximum absolute atomic E-state index is 13.0. The number of halogens is 1. The van der Waals surface area contributed by atoms with Gasteiger partial charge in [-0.25, -0.2) is 14.8 Å². The fourth-order valence-electron chi connectivity index (χ4n) is 3.67. The largest absolute Gasteiger partial charge is 0.379 e. The zero-order valence-electron chi connectivity index (χ0n) is 15.7. The molecule has 4 heterocycles. The van der Waals surface area contributed by atoms with Crippen molar-refractivity contribution in [2.75, 3.05) is 26.3 Å². The first-order chi connectivity index (χ1) is 14.2. The monoisotopic (exact) mass is 410 g/mol.